The predicted molar refractivity (Wildman–Crippen MR) is 58.4 cm³/mol. The molecule has 0 amide bonds. The first-order valence-electron chi connectivity index (χ1n) is 4.64. The van der Waals surface area contributed by atoms with E-state index in [4.69, 9.17) is 4.52 Å². The van der Waals surface area contributed by atoms with Gasteiger partial charge in [-0.2, -0.15) is 0 Å². The molecule has 72 valence electrons. The predicted octanol–water partition coefficient (Wildman–Crippen LogP) is 3.16. The van der Waals surface area contributed by atoms with E-state index in [9.17, 15) is 0 Å². The molecule has 1 aliphatic rings. The van der Waals surface area contributed by atoms with Crippen LogP contribution in [0.2, 0.25) is 0 Å². The molecule has 4 heteroatoms. The van der Waals surface area contributed by atoms with E-state index in [-0.39, 0.29) is 0 Å². The second kappa shape index (κ2) is 2.98. The summed E-state index contributed by atoms with van der Waals surface area (Å²) in [6.07, 6.45) is 2.46. The van der Waals surface area contributed by atoms with Crippen LogP contribution in [0.25, 0.3) is 10.9 Å². The lowest BCUT2D eigenvalue weighted by Gasteiger charge is -1.97. The second-order valence-electron chi connectivity index (χ2n) is 3.59. The maximum absolute atomic E-state index is 5.24. The molecule has 0 atom stereocenters. The van der Waals surface area contributed by atoms with Crippen molar-refractivity contribution in [2.75, 3.05) is 5.32 Å². The lowest BCUT2D eigenvalue weighted by atomic mass is 10.2. The largest absolute Gasteiger partial charge is 0.351 e. The quantitative estimate of drug-likeness (QED) is 0.893. The number of benzene rings is 1. The fourth-order valence-corrected chi connectivity index (χ4v) is 1.79. The van der Waals surface area contributed by atoms with E-state index in [1.807, 2.05) is 18.2 Å². The Morgan fingerprint density at radius 3 is 3.07 bits per heavy atom. The zero-order chi connectivity index (χ0) is 9.54. The first kappa shape index (κ1) is 8.29. The number of hydrogen-bond donors (Lipinski definition) is 1. The normalized spacial score (nSPS) is 16.1. The maximum atomic E-state index is 5.24. The third-order valence-electron chi connectivity index (χ3n) is 2.35. The smallest absolute Gasteiger partial charge is 0.232 e. The van der Waals surface area contributed by atoms with Crippen molar-refractivity contribution in [1.82, 2.24) is 5.16 Å². The molecule has 14 heavy (non-hydrogen) atoms. The van der Waals surface area contributed by atoms with E-state index in [0.29, 0.717) is 6.04 Å². The van der Waals surface area contributed by atoms with Gasteiger partial charge in [-0.15, -0.1) is 0 Å². The molecule has 2 aromatic rings. The van der Waals surface area contributed by atoms with Gasteiger partial charge in [0.05, 0.1) is 5.39 Å². The van der Waals surface area contributed by atoms with Crippen LogP contribution >= 0.6 is 15.9 Å². The Balaban J connectivity index is 2.08. The number of nitrogens with zero attached hydrogens (tertiary/aromatic N) is 1. The molecule has 1 fully saturated rings. The first-order valence-corrected chi connectivity index (χ1v) is 5.44. The first-order chi connectivity index (χ1) is 6.83. The van der Waals surface area contributed by atoms with Crippen LogP contribution in [0.1, 0.15) is 12.8 Å². The van der Waals surface area contributed by atoms with E-state index in [1.54, 1.807) is 0 Å². The number of halogens is 1. The molecular weight excluding hydrogens is 244 g/mol. The minimum atomic E-state index is 0.588. The SMILES string of the molecule is Brc1ccc2noc(NC3CC3)c2c1. The summed E-state index contributed by atoms with van der Waals surface area (Å²) in [4.78, 5) is 0. The molecular formula is C10H9BrN2O. The molecule has 0 spiro atoms. The Kier molecular flexibility index (Phi) is 1.77. The van der Waals surface area contributed by atoms with Crippen LogP contribution in [0.5, 0.6) is 0 Å². The summed E-state index contributed by atoms with van der Waals surface area (Å²) in [7, 11) is 0. The summed E-state index contributed by atoms with van der Waals surface area (Å²) in [5, 5.41) is 8.35. The molecule has 1 saturated carbocycles. The number of hydrogen-bond acceptors (Lipinski definition) is 3. The monoisotopic (exact) mass is 252 g/mol. The Hall–Kier alpha value is -1.03. The van der Waals surface area contributed by atoms with E-state index >= 15 is 0 Å². The van der Waals surface area contributed by atoms with E-state index < -0.39 is 0 Å². The van der Waals surface area contributed by atoms with Crippen LogP contribution in [0, 0.1) is 0 Å². The highest BCUT2D eigenvalue weighted by Gasteiger charge is 2.23. The molecule has 3 rings (SSSR count). The fourth-order valence-electron chi connectivity index (χ4n) is 1.43. The van der Waals surface area contributed by atoms with Crippen molar-refractivity contribution < 1.29 is 4.52 Å². The summed E-state index contributed by atoms with van der Waals surface area (Å²) in [5.41, 5.74) is 0.899. The van der Waals surface area contributed by atoms with Gasteiger partial charge >= 0.3 is 0 Å². The summed E-state index contributed by atoms with van der Waals surface area (Å²) in [6.45, 7) is 0. The second-order valence-corrected chi connectivity index (χ2v) is 4.51. The molecule has 0 radical (unpaired) electrons. The Labute approximate surface area is 89.6 Å². The number of aromatic nitrogens is 1. The molecule has 3 nitrogen and oxygen atoms in total. The van der Waals surface area contributed by atoms with Gasteiger partial charge in [0.2, 0.25) is 5.88 Å². The van der Waals surface area contributed by atoms with Crippen molar-refractivity contribution in [3.05, 3.63) is 22.7 Å². The van der Waals surface area contributed by atoms with Gasteiger partial charge in [-0.1, -0.05) is 21.1 Å². The molecule has 0 aliphatic heterocycles. The zero-order valence-corrected chi connectivity index (χ0v) is 9.04. The molecule has 1 aliphatic carbocycles. The van der Waals surface area contributed by atoms with Gasteiger partial charge in [0.25, 0.3) is 0 Å². The van der Waals surface area contributed by atoms with Crippen molar-refractivity contribution in [2.45, 2.75) is 18.9 Å². The van der Waals surface area contributed by atoms with Crippen molar-refractivity contribution in [3.8, 4) is 0 Å². The summed E-state index contributed by atoms with van der Waals surface area (Å²) >= 11 is 3.44. The Morgan fingerprint density at radius 2 is 2.29 bits per heavy atom. The van der Waals surface area contributed by atoms with E-state index in [0.717, 1.165) is 21.3 Å². The van der Waals surface area contributed by atoms with Gasteiger partial charge in [0, 0.05) is 10.5 Å². The van der Waals surface area contributed by atoms with Gasteiger partial charge in [-0.05, 0) is 31.0 Å². The van der Waals surface area contributed by atoms with Crippen molar-refractivity contribution >= 4 is 32.7 Å². The van der Waals surface area contributed by atoms with Crippen LogP contribution in [-0.2, 0) is 0 Å². The third-order valence-corrected chi connectivity index (χ3v) is 2.84. The Morgan fingerprint density at radius 1 is 1.43 bits per heavy atom. The molecule has 0 bridgehead atoms. The number of rotatable bonds is 2. The highest BCUT2D eigenvalue weighted by molar-refractivity contribution is 9.10. The van der Waals surface area contributed by atoms with E-state index in [2.05, 4.69) is 26.4 Å². The number of anilines is 1. The summed E-state index contributed by atoms with van der Waals surface area (Å²) in [6, 6.07) is 6.52. The lowest BCUT2D eigenvalue weighted by molar-refractivity contribution is 0.440. The minimum absolute atomic E-state index is 0.588. The topological polar surface area (TPSA) is 38.1 Å². The Bertz CT molecular complexity index is 476. The van der Waals surface area contributed by atoms with Gasteiger partial charge in [0.1, 0.15) is 5.52 Å². The molecule has 0 saturated heterocycles. The standard InChI is InChI=1S/C10H9BrN2O/c11-6-1-4-9-8(5-6)10(14-13-9)12-7-2-3-7/h1,4-5,7,12H,2-3H2. The van der Waals surface area contributed by atoms with Gasteiger partial charge < -0.3 is 9.84 Å². The van der Waals surface area contributed by atoms with Crippen molar-refractivity contribution in [1.29, 1.82) is 0 Å². The van der Waals surface area contributed by atoms with E-state index in [1.165, 1.54) is 12.8 Å². The molecule has 1 aromatic heterocycles. The van der Waals surface area contributed by atoms with Gasteiger partial charge in [-0.3, -0.25) is 0 Å². The lowest BCUT2D eigenvalue weighted by Crippen LogP contribution is -1.99. The maximum Gasteiger partial charge on any atom is 0.232 e. The number of nitrogens with one attached hydrogen (secondary N) is 1. The highest BCUT2D eigenvalue weighted by atomic mass is 79.9. The highest BCUT2D eigenvalue weighted by Crippen LogP contribution is 2.31. The van der Waals surface area contributed by atoms with Crippen LogP contribution in [-0.4, -0.2) is 11.2 Å². The fraction of sp³-hybridized carbons (Fsp3) is 0.300. The van der Waals surface area contributed by atoms with Gasteiger partial charge in [0.15, 0.2) is 0 Å². The van der Waals surface area contributed by atoms with Crippen LogP contribution in [0.4, 0.5) is 5.88 Å². The van der Waals surface area contributed by atoms with Crippen LogP contribution in [0.15, 0.2) is 27.2 Å². The third kappa shape index (κ3) is 1.39. The average Bonchev–Trinajstić information content (AvgIpc) is 2.90. The molecule has 0 unspecified atom stereocenters. The zero-order valence-electron chi connectivity index (χ0n) is 7.46. The minimum Gasteiger partial charge on any atom is -0.351 e. The molecule has 1 heterocycles. The summed E-state index contributed by atoms with van der Waals surface area (Å²) in [5.74, 6) is 0.795. The molecule has 1 N–H and O–H groups in total. The van der Waals surface area contributed by atoms with Gasteiger partial charge in [-0.25, -0.2) is 0 Å². The average molecular weight is 253 g/mol. The molecule has 1 aromatic carbocycles. The van der Waals surface area contributed by atoms with Crippen molar-refractivity contribution in [2.24, 2.45) is 0 Å². The van der Waals surface area contributed by atoms with Crippen LogP contribution < -0.4 is 5.32 Å². The number of fused-ring (bicyclic) bond motifs is 1. The van der Waals surface area contributed by atoms with Crippen molar-refractivity contribution in [3.63, 3.8) is 0 Å². The van der Waals surface area contributed by atoms with Crippen LogP contribution in [0.3, 0.4) is 0 Å². The summed E-state index contributed by atoms with van der Waals surface area (Å²) < 4.78 is 6.29.